The van der Waals surface area contributed by atoms with Gasteiger partial charge in [-0.2, -0.15) is 4.31 Å². The summed E-state index contributed by atoms with van der Waals surface area (Å²) in [5.74, 6) is -0.0815. The molecule has 26 heavy (non-hydrogen) atoms. The van der Waals surface area contributed by atoms with Crippen LogP contribution in [0.5, 0.6) is 5.75 Å². The highest BCUT2D eigenvalue weighted by molar-refractivity contribution is 7.92. The van der Waals surface area contributed by atoms with Crippen molar-refractivity contribution in [2.45, 2.75) is 0 Å². The Balaban J connectivity index is 2.04. The van der Waals surface area contributed by atoms with Gasteiger partial charge < -0.3 is 10.1 Å². The molecule has 0 atom stereocenters. The number of carbonyl (C=O) groups excluding carboxylic acids is 1. The zero-order valence-electron chi connectivity index (χ0n) is 14.3. The van der Waals surface area contributed by atoms with Crippen molar-refractivity contribution >= 4 is 39.3 Å². The van der Waals surface area contributed by atoms with Gasteiger partial charge in [-0.05, 0) is 29.8 Å². The Bertz CT molecular complexity index is 899. The van der Waals surface area contributed by atoms with E-state index in [4.69, 9.17) is 16.3 Å². The number of amides is 1. The number of halogens is 1. The summed E-state index contributed by atoms with van der Waals surface area (Å²) in [4.78, 5) is 12.2. The summed E-state index contributed by atoms with van der Waals surface area (Å²) in [6.07, 6.45) is 1.48. The van der Waals surface area contributed by atoms with Crippen molar-refractivity contribution in [2.75, 3.05) is 26.0 Å². The van der Waals surface area contributed by atoms with Crippen molar-refractivity contribution in [3.63, 3.8) is 0 Å². The molecule has 0 saturated carbocycles. The van der Waals surface area contributed by atoms with Crippen LogP contribution in [0.1, 0.15) is 5.56 Å². The molecule has 0 radical (unpaired) electrons. The van der Waals surface area contributed by atoms with E-state index in [-0.39, 0.29) is 6.54 Å². The van der Waals surface area contributed by atoms with Gasteiger partial charge in [0, 0.05) is 17.5 Å². The smallest absolute Gasteiger partial charge is 0.239 e. The fraction of sp³-hybridized carbons (Fsp3) is 0.167. The predicted octanol–water partition coefficient (Wildman–Crippen LogP) is 3.22. The number of likely N-dealkylation sites (N-methyl/N-ethyl adjacent to an activating group) is 1. The van der Waals surface area contributed by atoms with Gasteiger partial charge in [0.15, 0.2) is 0 Å². The molecule has 0 aromatic heterocycles. The number of nitrogens with zero attached hydrogens (tertiary/aromatic N) is 1. The molecule has 6 nitrogen and oxygen atoms in total. The van der Waals surface area contributed by atoms with Gasteiger partial charge in [0.1, 0.15) is 5.75 Å². The van der Waals surface area contributed by atoms with E-state index in [9.17, 15) is 13.2 Å². The number of sulfonamides is 1. The molecular formula is C18H19ClN2O4S. The average Bonchev–Trinajstić information content (AvgIpc) is 2.61. The minimum atomic E-state index is -3.74. The fourth-order valence-corrected chi connectivity index (χ4v) is 3.10. The molecule has 0 aliphatic carbocycles. The second-order valence-electron chi connectivity index (χ2n) is 5.41. The van der Waals surface area contributed by atoms with E-state index in [1.165, 1.54) is 26.3 Å². The van der Waals surface area contributed by atoms with Crippen LogP contribution < -0.4 is 10.1 Å². The molecule has 138 valence electrons. The molecule has 0 saturated heterocycles. The van der Waals surface area contributed by atoms with E-state index < -0.39 is 15.9 Å². The van der Waals surface area contributed by atoms with E-state index in [0.29, 0.717) is 16.5 Å². The molecule has 1 amide bonds. The molecule has 2 rings (SSSR count). The first-order valence-electron chi connectivity index (χ1n) is 7.64. The molecule has 0 aliphatic rings. The van der Waals surface area contributed by atoms with Crippen LogP contribution in [0.3, 0.4) is 0 Å². The highest BCUT2D eigenvalue weighted by Gasteiger charge is 2.18. The molecule has 0 aliphatic heterocycles. The van der Waals surface area contributed by atoms with E-state index in [0.717, 1.165) is 15.3 Å². The lowest BCUT2D eigenvalue weighted by atomic mass is 10.2. The molecule has 2 aromatic rings. The van der Waals surface area contributed by atoms with Gasteiger partial charge in [0.25, 0.3) is 0 Å². The zero-order valence-corrected chi connectivity index (χ0v) is 15.9. The van der Waals surface area contributed by atoms with Gasteiger partial charge in [-0.3, -0.25) is 4.79 Å². The Labute approximate surface area is 158 Å². The molecule has 0 fully saturated rings. The fourth-order valence-electron chi connectivity index (χ4n) is 2.09. The number of benzene rings is 2. The Morgan fingerprint density at radius 2 is 1.92 bits per heavy atom. The quantitative estimate of drug-likeness (QED) is 0.782. The molecule has 0 heterocycles. The van der Waals surface area contributed by atoms with Crippen molar-refractivity contribution in [1.29, 1.82) is 0 Å². The van der Waals surface area contributed by atoms with Crippen molar-refractivity contribution in [2.24, 2.45) is 0 Å². The third kappa shape index (κ3) is 5.59. The maximum absolute atomic E-state index is 12.3. The predicted molar refractivity (Wildman–Crippen MR) is 104 cm³/mol. The number of hydrogen-bond donors (Lipinski definition) is 1. The largest absolute Gasteiger partial charge is 0.495 e. The number of nitrogens with one attached hydrogen (secondary N) is 1. The minimum Gasteiger partial charge on any atom is -0.495 e. The highest BCUT2D eigenvalue weighted by atomic mass is 35.5. The van der Waals surface area contributed by atoms with Crippen LogP contribution in [0.15, 0.2) is 53.9 Å². The van der Waals surface area contributed by atoms with Gasteiger partial charge in [0.05, 0.1) is 19.3 Å². The molecule has 2 aromatic carbocycles. The monoisotopic (exact) mass is 394 g/mol. The molecule has 0 bridgehead atoms. The normalized spacial score (nSPS) is 11.7. The molecular weight excluding hydrogens is 376 g/mol. The summed E-state index contributed by atoms with van der Waals surface area (Å²) in [5.41, 5.74) is 1.12. The number of hydrogen-bond acceptors (Lipinski definition) is 4. The lowest BCUT2D eigenvalue weighted by molar-refractivity contribution is -0.116. The molecule has 0 spiro atoms. The zero-order chi connectivity index (χ0) is 19.2. The topological polar surface area (TPSA) is 75.7 Å². The SMILES string of the molecule is COc1ccc(Cl)cc1NC(=O)CN(C)S(=O)(=O)C=Cc1ccccc1. The Hall–Kier alpha value is -2.35. The van der Waals surface area contributed by atoms with E-state index in [2.05, 4.69) is 5.32 Å². The summed E-state index contributed by atoms with van der Waals surface area (Å²) in [5, 5.41) is 4.09. The lowest BCUT2D eigenvalue weighted by Crippen LogP contribution is -2.33. The highest BCUT2D eigenvalue weighted by Crippen LogP contribution is 2.27. The van der Waals surface area contributed by atoms with Crippen LogP contribution in [0.2, 0.25) is 5.02 Å². The van der Waals surface area contributed by atoms with E-state index >= 15 is 0 Å². The van der Waals surface area contributed by atoms with Crippen LogP contribution in [0.4, 0.5) is 5.69 Å². The number of carbonyl (C=O) groups is 1. The third-order valence-corrected chi connectivity index (χ3v) is 5.18. The van der Waals surface area contributed by atoms with E-state index in [1.54, 1.807) is 24.3 Å². The first-order valence-corrected chi connectivity index (χ1v) is 9.53. The molecule has 1 N–H and O–H groups in total. The Kier molecular flexibility index (Phi) is 6.79. The van der Waals surface area contributed by atoms with Crippen molar-refractivity contribution < 1.29 is 17.9 Å². The lowest BCUT2D eigenvalue weighted by Gasteiger charge is -2.15. The van der Waals surface area contributed by atoms with Crippen LogP contribution in [0.25, 0.3) is 6.08 Å². The third-order valence-electron chi connectivity index (χ3n) is 3.47. The second-order valence-corrected chi connectivity index (χ2v) is 7.77. The summed E-state index contributed by atoms with van der Waals surface area (Å²) in [7, 11) is -0.940. The number of methoxy groups -OCH3 is 1. The standard InChI is InChI=1S/C18H19ClN2O4S/c1-21(26(23,24)11-10-14-6-4-3-5-7-14)13-18(22)20-16-12-15(19)8-9-17(16)25-2/h3-12H,13H2,1-2H3,(H,20,22). The van der Waals surface area contributed by atoms with Crippen molar-refractivity contribution in [3.05, 3.63) is 64.5 Å². The van der Waals surface area contributed by atoms with E-state index in [1.807, 2.05) is 18.2 Å². The van der Waals surface area contributed by atoms with Crippen molar-refractivity contribution in [1.82, 2.24) is 4.31 Å². The second kappa shape index (κ2) is 8.84. The van der Waals surface area contributed by atoms with Crippen LogP contribution >= 0.6 is 11.6 Å². The molecule has 8 heteroatoms. The number of ether oxygens (including phenoxy) is 1. The molecule has 0 unspecified atom stereocenters. The Morgan fingerprint density at radius 1 is 1.23 bits per heavy atom. The maximum Gasteiger partial charge on any atom is 0.239 e. The van der Waals surface area contributed by atoms with Crippen LogP contribution in [-0.4, -0.2) is 39.3 Å². The maximum atomic E-state index is 12.3. The summed E-state index contributed by atoms with van der Waals surface area (Å²) >= 11 is 5.91. The van der Waals surface area contributed by atoms with Crippen molar-refractivity contribution in [3.8, 4) is 5.75 Å². The number of rotatable bonds is 7. The minimum absolute atomic E-state index is 0.350. The van der Waals surface area contributed by atoms with Gasteiger partial charge in [-0.25, -0.2) is 8.42 Å². The van der Waals surface area contributed by atoms with Gasteiger partial charge in [0.2, 0.25) is 15.9 Å². The van der Waals surface area contributed by atoms with Gasteiger partial charge in [-0.15, -0.1) is 0 Å². The summed E-state index contributed by atoms with van der Waals surface area (Å²) in [6, 6.07) is 13.8. The van der Waals surface area contributed by atoms with Crippen LogP contribution in [0, 0.1) is 0 Å². The number of anilines is 1. The summed E-state index contributed by atoms with van der Waals surface area (Å²) in [6.45, 7) is -0.350. The Morgan fingerprint density at radius 3 is 2.58 bits per heavy atom. The summed E-state index contributed by atoms with van der Waals surface area (Å²) < 4.78 is 30.7. The first kappa shape index (κ1) is 20.0. The van der Waals surface area contributed by atoms with Gasteiger partial charge in [-0.1, -0.05) is 41.9 Å². The first-order chi connectivity index (χ1) is 12.3. The average molecular weight is 395 g/mol. The van der Waals surface area contributed by atoms with Gasteiger partial charge >= 0.3 is 0 Å². The van der Waals surface area contributed by atoms with Crippen LogP contribution in [-0.2, 0) is 14.8 Å².